The summed E-state index contributed by atoms with van der Waals surface area (Å²) in [7, 11) is 1.65. The van der Waals surface area contributed by atoms with Gasteiger partial charge in [-0.3, -0.25) is 4.79 Å². The number of methoxy groups -OCH3 is 1. The van der Waals surface area contributed by atoms with Crippen LogP contribution >= 0.6 is 0 Å². The molecular formula is C25H27N3O3. The molecule has 1 unspecified atom stereocenters. The van der Waals surface area contributed by atoms with Crippen LogP contribution in [0.4, 0.5) is 5.82 Å². The van der Waals surface area contributed by atoms with Crippen molar-refractivity contribution in [2.45, 2.75) is 39.2 Å². The second kappa shape index (κ2) is 8.86. The van der Waals surface area contributed by atoms with Crippen LogP contribution < -0.4 is 10.1 Å². The molecule has 1 heterocycles. The van der Waals surface area contributed by atoms with Crippen molar-refractivity contribution in [1.29, 1.82) is 0 Å². The quantitative estimate of drug-likeness (QED) is 0.624. The highest BCUT2D eigenvalue weighted by Gasteiger charge is 2.26. The van der Waals surface area contributed by atoms with E-state index >= 15 is 0 Å². The fraction of sp³-hybridized carbons (Fsp3) is 0.320. The monoisotopic (exact) mass is 417 g/mol. The third kappa shape index (κ3) is 4.44. The number of amides is 1. The number of ether oxygens (including phenoxy) is 1. The number of carbonyl (C=O) groups excluding carboxylic acids is 1. The fourth-order valence-corrected chi connectivity index (χ4v) is 3.89. The number of hydrogen-bond donors (Lipinski definition) is 2. The molecule has 31 heavy (non-hydrogen) atoms. The molecular weight excluding hydrogens is 390 g/mol. The molecule has 6 heteroatoms. The zero-order valence-electron chi connectivity index (χ0n) is 18.1. The maximum Gasteiger partial charge on any atom is 0.225 e. The minimum absolute atomic E-state index is 0.133. The number of aromatic nitrogens is 2. The fourth-order valence-electron chi connectivity index (χ4n) is 3.89. The molecule has 0 saturated heterocycles. The molecule has 0 radical (unpaired) electrons. The molecule has 0 saturated carbocycles. The van der Waals surface area contributed by atoms with E-state index in [9.17, 15) is 9.90 Å². The predicted molar refractivity (Wildman–Crippen MR) is 120 cm³/mol. The van der Waals surface area contributed by atoms with Gasteiger partial charge in [0.25, 0.3) is 0 Å². The topological polar surface area (TPSA) is 84.3 Å². The van der Waals surface area contributed by atoms with Crippen LogP contribution in [0, 0.1) is 5.92 Å². The first-order chi connectivity index (χ1) is 15.0. The number of carbonyl (C=O) groups is 1. The minimum Gasteiger partial charge on any atom is -0.497 e. The summed E-state index contributed by atoms with van der Waals surface area (Å²) in [5, 5.41) is 14.0. The van der Waals surface area contributed by atoms with E-state index in [1.54, 1.807) is 7.11 Å². The third-order valence-electron chi connectivity index (χ3n) is 5.42. The van der Waals surface area contributed by atoms with Gasteiger partial charge in [0.15, 0.2) is 5.82 Å². The summed E-state index contributed by atoms with van der Waals surface area (Å²) in [6, 6.07) is 15.2. The van der Waals surface area contributed by atoms with Gasteiger partial charge in [-0.15, -0.1) is 0 Å². The highest BCUT2D eigenvalue weighted by molar-refractivity contribution is 5.90. The van der Waals surface area contributed by atoms with E-state index < -0.39 is 6.10 Å². The molecule has 1 amide bonds. The van der Waals surface area contributed by atoms with E-state index in [2.05, 4.69) is 5.32 Å². The summed E-state index contributed by atoms with van der Waals surface area (Å²) < 4.78 is 5.36. The van der Waals surface area contributed by atoms with Gasteiger partial charge in [0.2, 0.25) is 5.91 Å². The molecule has 4 rings (SSSR count). The Morgan fingerprint density at radius 3 is 2.61 bits per heavy atom. The van der Waals surface area contributed by atoms with E-state index in [1.807, 2.05) is 62.4 Å². The summed E-state index contributed by atoms with van der Waals surface area (Å²) in [5.41, 5.74) is 4.74. The third-order valence-corrected chi connectivity index (χ3v) is 5.42. The van der Waals surface area contributed by atoms with Crippen molar-refractivity contribution in [3.05, 3.63) is 71.0 Å². The Kier molecular flexibility index (Phi) is 6.00. The predicted octanol–water partition coefficient (Wildman–Crippen LogP) is 4.32. The largest absolute Gasteiger partial charge is 0.497 e. The van der Waals surface area contributed by atoms with Gasteiger partial charge in [-0.2, -0.15) is 0 Å². The van der Waals surface area contributed by atoms with Crippen molar-refractivity contribution in [1.82, 2.24) is 9.97 Å². The van der Waals surface area contributed by atoms with Gasteiger partial charge in [-0.1, -0.05) is 44.2 Å². The Bertz CT molecular complexity index is 1100. The number of fused-ring (bicyclic) bond motifs is 3. The SMILES string of the molecule is COc1ccc2c(c1)CCc1nc(NC(=O)CC(C)C)c(C(O)c3ccccc3)nc1-2. The van der Waals surface area contributed by atoms with E-state index in [4.69, 9.17) is 14.7 Å². The number of rotatable bonds is 6. The molecule has 1 atom stereocenters. The molecule has 1 aliphatic rings. The lowest BCUT2D eigenvalue weighted by atomic mass is 9.91. The van der Waals surface area contributed by atoms with Crippen LogP contribution in [-0.4, -0.2) is 28.1 Å². The second-order valence-corrected chi connectivity index (χ2v) is 8.24. The maximum absolute atomic E-state index is 12.5. The van der Waals surface area contributed by atoms with Gasteiger partial charge in [-0.25, -0.2) is 9.97 Å². The van der Waals surface area contributed by atoms with Gasteiger partial charge in [0.1, 0.15) is 17.5 Å². The molecule has 0 fully saturated rings. The van der Waals surface area contributed by atoms with Crippen molar-refractivity contribution < 1.29 is 14.6 Å². The Hall–Kier alpha value is -3.25. The Labute approximate surface area is 182 Å². The van der Waals surface area contributed by atoms with Crippen LogP contribution in [-0.2, 0) is 17.6 Å². The summed E-state index contributed by atoms with van der Waals surface area (Å²) >= 11 is 0. The first-order valence-corrected chi connectivity index (χ1v) is 10.6. The van der Waals surface area contributed by atoms with Crippen LogP contribution in [0.5, 0.6) is 5.75 Å². The Morgan fingerprint density at radius 1 is 1.13 bits per heavy atom. The van der Waals surface area contributed by atoms with Gasteiger partial charge < -0.3 is 15.2 Å². The molecule has 6 nitrogen and oxygen atoms in total. The van der Waals surface area contributed by atoms with Gasteiger partial charge in [-0.05, 0) is 48.1 Å². The van der Waals surface area contributed by atoms with Crippen LogP contribution in [0.25, 0.3) is 11.3 Å². The van der Waals surface area contributed by atoms with E-state index in [0.29, 0.717) is 29.9 Å². The summed E-state index contributed by atoms with van der Waals surface area (Å²) in [6.45, 7) is 3.98. The summed E-state index contributed by atoms with van der Waals surface area (Å²) in [5.74, 6) is 1.22. The van der Waals surface area contributed by atoms with Gasteiger partial charge in [0.05, 0.1) is 18.5 Å². The zero-order chi connectivity index (χ0) is 22.0. The number of hydrogen-bond acceptors (Lipinski definition) is 5. The molecule has 1 aliphatic carbocycles. The zero-order valence-corrected chi connectivity index (χ0v) is 18.1. The molecule has 2 N–H and O–H groups in total. The average molecular weight is 418 g/mol. The van der Waals surface area contributed by atoms with Crippen LogP contribution in [0.2, 0.25) is 0 Å². The normalized spacial score (nSPS) is 13.3. The number of aliphatic hydroxyl groups is 1. The number of benzene rings is 2. The van der Waals surface area contributed by atoms with E-state index in [0.717, 1.165) is 34.7 Å². The summed E-state index contributed by atoms with van der Waals surface area (Å²) in [4.78, 5) is 22.1. The lowest BCUT2D eigenvalue weighted by Gasteiger charge is -2.23. The van der Waals surface area contributed by atoms with Crippen molar-refractivity contribution in [2.24, 2.45) is 5.92 Å². The molecule has 1 aromatic heterocycles. The number of nitrogens with zero attached hydrogens (tertiary/aromatic N) is 2. The van der Waals surface area contributed by atoms with Crippen molar-refractivity contribution >= 4 is 11.7 Å². The van der Waals surface area contributed by atoms with Gasteiger partial charge >= 0.3 is 0 Å². The van der Waals surface area contributed by atoms with Gasteiger partial charge in [0, 0.05) is 12.0 Å². The van der Waals surface area contributed by atoms with E-state index in [-0.39, 0.29) is 11.8 Å². The molecule has 0 aliphatic heterocycles. The Morgan fingerprint density at radius 2 is 1.90 bits per heavy atom. The van der Waals surface area contributed by atoms with Crippen LogP contribution in [0.15, 0.2) is 48.5 Å². The first kappa shape index (κ1) is 21.0. The van der Waals surface area contributed by atoms with Crippen LogP contribution in [0.1, 0.15) is 48.9 Å². The van der Waals surface area contributed by atoms with Crippen molar-refractivity contribution in [2.75, 3.05) is 12.4 Å². The molecule has 0 bridgehead atoms. The Balaban J connectivity index is 1.81. The smallest absolute Gasteiger partial charge is 0.225 e. The number of anilines is 1. The second-order valence-electron chi connectivity index (χ2n) is 8.24. The number of nitrogens with one attached hydrogen (secondary N) is 1. The average Bonchev–Trinajstić information content (AvgIpc) is 2.77. The lowest BCUT2D eigenvalue weighted by molar-refractivity contribution is -0.116. The lowest BCUT2D eigenvalue weighted by Crippen LogP contribution is -2.21. The maximum atomic E-state index is 12.5. The molecule has 2 aromatic carbocycles. The summed E-state index contributed by atoms with van der Waals surface area (Å²) in [6.07, 6.45) is 0.894. The minimum atomic E-state index is -1.00. The highest BCUT2D eigenvalue weighted by Crippen LogP contribution is 2.36. The van der Waals surface area contributed by atoms with Crippen molar-refractivity contribution in [3.8, 4) is 17.0 Å². The molecule has 0 spiro atoms. The van der Waals surface area contributed by atoms with E-state index in [1.165, 1.54) is 0 Å². The molecule has 3 aromatic rings. The van der Waals surface area contributed by atoms with Crippen LogP contribution in [0.3, 0.4) is 0 Å². The number of aryl methyl sites for hydroxylation is 2. The number of aliphatic hydroxyl groups excluding tert-OH is 1. The van der Waals surface area contributed by atoms with Crippen molar-refractivity contribution in [3.63, 3.8) is 0 Å². The highest BCUT2D eigenvalue weighted by atomic mass is 16.5. The first-order valence-electron chi connectivity index (χ1n) is 10.6. The molecule has 160 valence electrons. The standard InChI is InChI=1S/C25H27N3O3/c1-15(2)13-21(29)27-25-23(24(30)16-7-5-4-6-8-16)28-22-19-11-10-18(31-3)14-17(19)9-12-20(22)26-25/h4-8,10-11,14-15,24,30H,9,12-13H2,1-3H3,(H,26,27,29).